The van der Waals surface area contributed by atoms with Crippen LogP contribution < -0.4 is 0 Å². The van der Waals surface area contributed by atoms with Gasteiger partial charge in [0, 0.05) is 36.2 Å². The Balaban J connectivity index is 1.97. The number of hydrogen-bond acceptors (Lipinski definition) is 2. The van der Waals surface area contributed by atoms with Crippen molar-refractivity contribution in [2.75, 3.05) is 13.1 Å². The Morgan fingerprint density at radius 3 is 2.48 bits per heavy atom. The van der Waals surface area contributed by atoms with E-state index in [2.05, 4.69) is 34.2 Å². The molecule has 0 amide bonds. The summed E-state index contributed by atoms with van der Waals surface area (Å²) in [5, 5.41) is 0.776. The fourth-order valence-corrected chi connectivity index (χ4v) is 2.86. The summed E-state index contributed by atoms with van der Waals surface area (Å²) in [6.07, 6.45) is 9.79. The van der Waals surface area contributed by atoms with Gasteiger partial charge in [0.25, 0.3) is 0 Å². The lowest BCUT2D eigenvalue weighted by Gasteiger charge is -2.31. The highest BCUT2D eigenvalue weighted by Crippen LogP contribution is 2.26. The van der Waals surface area contributed by atoms with Crippen molar-refractivity contribution in [1.29, 1.82) is 0 Å². The highest BCUT2D eigenvalue weighted by Gasteiger charge is 2.15. The first-order valence-electron chi connectivity index (χ1n) is 7.45. The summed E-state index contributed by atoms with van der Waals surface area (Å²) < 4.78 is 0. The molecule has 1 aromatic carbocycles. The monoisotopic (exact) mass is 298 g/mol. The number of nitrogens with zero attached hydrogens (tertiary/aromatic N) is 2. The topological polar surface area (TPSA) is 16.1 Å². The summed E-state index contributed by atoms with van der Waals surface area (Å²) in [5.41, 5.74) is 3.61. The van der Waals surface area contributed by atoms with Crippen molar-refractivity contribution in [2.24, 2.45) is 0 Å². The van der Waals surface area contributed by atoms with Gasteiger partial charge in [-0.25, -0.2) is 0 Å². The molecule has 0 N–H and O–H groups in total. The van der Waals surface area contributed by atoms with Gasteiger partial charge in [-0.3, -0.25) is 4.98 Å². The molecule has 0 unspecified atom stereocenters. The molecule has 3 rings (SSSR count). The summed E-state index contributed by atoms with van der Waals surface area (Å²) in [7, 11) is 0. The fraction of sp³-hybridized carbons (Fsp3) is 0.278. The number of halogens is 1. The third kappa shape index (κ3) is 3.64. The van der Waals surface area contributed by atoms with Crippen molar-refractivity contribution < 1.29 is 0 Å². The van der Waals surface area contributed by atoms with E-state index in [9.17, 15) is 0 Å². The average molecular weight is 299 g/mol. The number of benzene rings is 1. The molecule has 2 nitrogen and oxygen atoms in total. The van der Waals surface area contributed by atoms with E-state index in [0.717, 1.165) is 23.7 Å². The minimum atomic E-state index is 0.776. The summed E-state index contributed by atoms with van der Waals surface area (Å²) >= 11 is 6.02. The molecule has 3 heteroatoms. The number of pyridine rings is 1. The van der Waals surface area contributed by atoms with E-state index < -0.39 is 0 Å². The summed E-state index contributed by atoms with van der Waals surface area (Å²) in [4.78, 5) is 6.68. The van der Waals surface area contributed by atoms with Crippen LogP contribution in [0.3, 0.4) is 0 Å². The maximum Gasteiger partial charge on any atom is 0.0446 e. The Hall–Kier alpha value is -1.80. The van der Waals surface area contributed by atoms with E-state index in [1.54, 1.807) is 6.20 Å². The third-order valence-electron chi connectivity index (χ3n) is 3.82. The van der Waals surface area contributed by atoms with Crippen molar-refractivity contribution in [3.05, 3.63) is 64.9 Å². The van der Waals surface area contributed by atoms with Crippen LogP contribution in [-0.2, 0) is 0 Å². The Morgan fingerprint density at radius 1 is 1.05 bits per heavy atom. The largest absolute Gasteiger partial charge is 0.371 e. The fourth-order valence-electron chi connectivity index (χ4n) is 2.73. The lowest BCUT2D eigenvalue weighted by molar-refractivity contribution is 0.327. The Labute approximate surface area is 131 Å². The molecule has 1 fully saturated rings. The van der Waals surface area contributed by atoms with Gasteiger partial charge in [0.05, 0.1) is 0 Å². The van der Waals surface area contributed by atoms with Crippen LogP contribution in [0, 0.1) is 0 Å². The van der Waals surface area contributed by atoms with Crippen LogP contribution in [0.5, 0.6) is 0 Å². The standard InChI is InChI=1S/C18H19ClN2/c19-17-8-6-16(7-9-17)18(21-11-2-1-3-12-21)13-15-5-4-10-20-14-15/h4-10,13-14H,1-3,11-12H2. The lowest BCUT2D eigenvalue weighted by Crippen LogP contribution is -2.28. The van der Waals surface area contributed by atoms with Gasteiger partial charge < -0.3 is 4.90 Å². The van der Waals surface area contributed by atoms with E-state index in [-0.39, 0.29) is 0 Å². The van der Waals surface area contributed by atoms with Gasteiger partial charge >= 0.3 is 0 Å². The van der Waals surface area contributed by atoms with E-state index in [4.69, 9.17) is 11.6 Å². The minimum absolute atomic E-state index is 0.776. The van der Waals surface area contributed by atoms with Gasteiger partial charge in [-0.15, -0.1) is 0 Å². The van der Waals surface area contributed by atoms with Gasteiger partial charge in [0.2, 0.25) is 0 Å². The second-order valence-electron chi connectivity index (χ2n) is 5.37. The molecule has 0 atom stereocenters. The Morgan fingerprint density at radius 2 is 1.81 bits per heavy atom. The van der Waals surface area contributed by atoms with Crippen LogP contribution in [0.2, 0.25) is 5.02 Å². The molecule has 1 aliphatic rings. The molecule has 2 aromatic rings. The number of piperidine rings is 1. The van der Waals surface area contributed by atoms with Crippen molar-refractivity contribution in [2.45, 2.75) is 19.3 Å². The first-order chi connectivity index (χ1) is 10.3. The number of aromatic nitrogens is 1. The SMILES string of the molecule is Clc1ccc(C(=Cc2cccnc2)N2CCCCC2)cc1. The molecular formula is C18H19ClN2. The van der Waals surface area contributed by atoms with Crippen LogP contribution in [0.4, 0.5) is 0 Å². The molecule has 21 heavy (non-hydrogen) atoms. The molecular weight excluding hydrogens is 280 g/mol. The molecule has 2 heterocycles. The highest BCUT2D eigenvalue weighted by molar-refractivity contribution is 6.30. The molecule has 108 valence electrons. The van der Waals surface area contributed by atoms with E-state index in [0.29, 0.717) is 0 Å². The van der Waals surface area contributed by atoms with Crippen molar-refractivity contribution in [3.63, 3.8) is 0 Å². The van der Waals surface area contributed by atoms with Gasteiger partial charge in [-0.1, -0.05) is 29.8 Å². The normalized spacial score (nSPS) is 16.0. The quantitative estimate of drug-likeness (QED) is 0.815. The predicted molar refractivity (Wildman–Crippen MR) is 89.0 cm³/mol. The number of likely N-dealkylation sites (tertiary alicyclic amines) is 1. The summed E-state index contributed by atoms with van der Waals surface area (Å²) in [5.74, 6) is 0. The first kappa shape index (κ1) is 14.2. The van der Waals surface area contributed by atoms with Crippen LogP contribution in [0.15, 0.2) is 48.8 Å². The average Bonchev–Trinajstić information content (AvgIpc) is 2.55. The zero-order valence-electron chi connectivity index (χ0n) is 12.0. The summed E-state index contributed by atoms with van der Waals surface area (Å²) in [6, 6.07) is 12.2. The maximum absolute atomic E-state index is 6.02. The molecule has 0 spiro atoms. The molecule has 0 bridgehead atoms. The van der Waals surface area contributed by atoms with Crippen LogP contribution in [0.25, 0.3) is 11.8 Å². The second-order valence-corrected chi connectivity index (χ2v) is 5.81. The zero-order chi connectivity index (χ0) is 14.5. The first-order valence-corrected chi connectivity index (χ1v) is 7.83. The van der Waals surface area contributed by atoms with Crippen molar-refractivity contribution in [3.8, 4) is 0 Å². The second kappa shape index (κ2) is 6.77. The van der Waals surface area contributed by atoms with Gasteiger partial charge in [-0.05, 0) is 54.7 Å². The maximum atomic E-state index is 6.02. The van der Waals surface area contributed by atoms with E-state index in [1.165, 1.54) is 30.5 Å². The lowest BCUT2D eigenvalue weighted by atomic mass is 10.0. The molecule has 0 radical (unpaired) electrons. The molecule has 0 saturated carbocycles. The van der Waals surface area contributed by atoms with E-state index >= 15 is 0 Å². The van der Waals surface area contributed by atoms with Crippen LogP contribution in [0.1, 0.15) is 30.4 Å². The van der Waals surface area contributed by atoms with Gasteiger partial charge in [0.15, 0.2) is 0 Å². The number of rotatable bonds is 3. The van der Waals surface area contributed by atoms with Crippen molar-refractivity contribution in [1.82, 2.24) is 9.88 Å². The van der Waals surface area contributed by atoms with E-state index in [1.807, 2.05) is 24.4 Å². The van der Waals surface area contributed by atoms with Gasteiger partial charge in [0.1, 0.15) is 0 Å². The van der Waals surface area contributed by atoms with Crippen LogP contribution >= 0.6 is 11.6 Å². The molecule has 1 saturated heterocycles. The smallest absolute Gasteiger partial charge is 0.0446 e. The Bertz CT molecular complexity index is 599. The van der Waals surface area contributed by atoms with Crippen molar-refractivity contribution >= 4 is 23.4 Å². The zero-order valence-corrected chi connectivity index (χ0v) is 12.8. The van der Waals surface area contributed by atoms with Gasteiger partial charge in [-0.2, -0.15) is 0 Å². The molecule has 1 aromatic heterocycles. The van der Waals surface area contributed by atoms with Crippen LogP contribution in [-0.4, -0.2) is 23.0 Å². The summed E-state index contributed by atoms with van der Waals surface area (Å²) in [6.45, 7) is 2.24. The predicted octanol–water partition coefficient (Wildman–Crippen LogP) is 4.72. The minimum Gasteiger partial charge on any atom is -0.371 e. The third-order valence-corrected chi connectivity index (χ3v) is 4.08. The number of hydrogen-bond donors (Lipinski definition) is 0. The molecule has 1 aliphatic heterocycles. The molecule has 0 aliphatic carbocycles. The Kier molecular flexibility index (Phi) is 4.56. The highest BCUT2D eigenvalue weighted by atomic mass is 35.5.